The average Bonchev–Trinajstić information content (AvgIpc) is 2.78. The summed E-state index contributed by atoms with van der Waals surface area (Å²) < 4.78 is 11.1. The van der Waals surface area contributed by atoms with Crippen LogP contribution in [0.3, 0.4) is 0 Å². The summed E-state index contributed by atoms with van der Waals surface area (Å²) in [6, 6.07) is 0. The topological polar surface area (TPSA) is 59.0 Å². The van der Waals surface area contributed by atoms with Crippen molar-refractivity contribution < 1.29 is 19.4 Å². The van der Waals surface area contributed by atoms with Crippen molar-refractivity contribution in [3.8, 4) is 0 Å². The summed E-state index contributed by atoms with van der Waals surface area (Å²) >= 11 is 0. The average molecular weight is 257 g/mol. The number of carbonyl (C=O) groups is 1. The van der Waals surface area contributed by atoms with Gasteiger partial charge in [-0.25, -0.2) is 4.79 Å². The quantitative estimate of drug-likeness (QED) is 0.818. The first-order valence-electron chi connectivity index (χ1n) is 6.68. The molecule has 0 aromatic rings. The van der Waals surface area contributed by atoms with Crippen LogP contribution < -0.4 is 0 Å². The van der Waals surface area contributed by atoms with Crippen LogP contribution in [0.2, 0.25) is 0 Å². The Morgan fingerprint density at radius 3 is 2.94 bits per heavy atom. The zero-order valence-corrected chi connectivity index (χ0v) is 11.2. The van der Waals surface area contributed by atoms with Crippen molar-refractivity contribution in [3.63, 3.8) is 0 Å². The van der Waals surface area contributed by atoms with Crippen LogP contribution in [0.15, 0.2) is 0 Å². The highest BCUT2D eigenvalue weighted by atomic mass is 16.5. The summed E-state index contributed by atoms with van der Waals surface area (Å²) in [7, 11) is 1.76. The fourth-order valence-electron chi connectivity index (χ4n) is 2.94. The molecule has 2 rings (SSSR count). The molecule has 2 fully saturated rings. The van der Waals surface area contributed by atoms with Crippen molar-refractivity contribution in [2.75, 3.05) is 26.7 Å². The predicted molar refractivity (Wildman–Crippen MR) is 66.6 cm³/mol. The minimum absolute atomic E-state index is 0.0605. The largest absolute Gasteiger partial charge is 0.479 e. The summed E-state index contributed by atoms with van der Waals surface area (Å²) in [4.78, 5) is 13.2. The standard InChI is InChI=1S/C13H23NO4/c1-13(17-2)6-3-7-14(9-13)8-10-4-5-11(18-10)12(15)16/h10-11H,3-9H2,1-2H3,(H,15,16). The molecule has 0 aliphatic carbocycles. The second kappa shape index (κ2) is 5.55. The van der Waals surface area contributed by atoms with Gasteiger partial charge < -0.3 is 14.6 Å². The molecular formula is C13H23NO4. The lowest BCUT2D eigenvalue weighted by molar-refractivity contribution is -0.150. The highest BCUT2D eigenvalue weighted by Crippen LogP contribution is 2.26. The number of nitrogens with zero attached hydrogens (tertiary/aromatic N) is 1. The van der Waals surface area contributed by atoms with Crippen LogP contribution in [0.1, 0.15) is 32.6 Å². The molecule has 2 aliphatic heterocycles. The third kappa shape index (κ3) is 3.22. The number of ether oxygens (including phenoxy) is 2. The van der Waals surface area contributed by atoms with Crippen LogP contribution in [0.4, 0.5) is 0 Å². The van der Waals surface area contributed by atoms with Crippen molar-refractivity contribution in [2.45, 2.75) is 50.4 Å². The first-order chi connectivity index (χ1) is 8.52. The fourth-order valence-corrected chi connectivity index (χ4v) is 2.94. The minimum atomic E-state index is -0.835. The molecule has 0 amide bonds. The molecule has 0 bridgehead atoms. The van der Waals surface area contributed by atoms with Gasteiger partial charge in [0.2, 0.25) is 0 Å². The van der Waals surface area contributed by atoms with Gasteiger partial charge in [0.15, 0.2) is 6.10 Å². The van der Waals surface area contributed by atoms with E-state index < -0.39 is 12.1 Å². The van der Waals surface area contributed by atoms with Crippen molar-refractivity contribution in [3.05, 3.63) is 0 Å². The highest BCUT2D eigenvalue weighted by Gasteiger charge is 2.35. The third-order valence-corrected chi connectivity index (χ3v) is 4.08. The molecule has 2 saturated heterocycles. The summed E-state index contributed by atoms with van der Waals surface area (Å²) in [6.07, 6.45) is 3.15. The maximum atomic E-state index is 10.8. The summed E-state index contributed by atoms with van der Waals surface area (Å²) in [5.74, 6) is -0.835. The van der Waals surface area contributed by atoms with Gasteiger partial charge >= 0.3 is 5.97 Å². The monoisotopic (exact) mass is 257 g/mol. The number of likely N-dealkylation sites (tertiary alicyclic amines) is 1. The Morgan fingerprint density at radius 2 is 2.33 bits per heavy atom. The molecule has 104 valence electrons. The SMILES string of the molecule is COC1(C)CCCN(CC2CCC(C(=O)O)O2)C1. The van der Waals surface area contributed by atoms with E-state index in [2.05, 4.69) is 11.8 Å². The van der Waals surface area contributed by atoms with E-state index in [4.69, 9.17) is 14.6 Å². The normalized spacial score (nSPS) is 37.9. The van der Waals surface area contributed by atoms with Crippen LogP contribution >= 0.6 is 0 Å². The Balaban J connectivity index is 1.82. The molecule has 0 saturated carbocycles. The van der Waals surface area contributed by atoms with Crippen LogP contribution in [0.25, 0.3) is 0 Å². The molecule has 3 unspecified atom stereocenters. The first kappa shape index (κ1) is 13.8. The van der Waals surface area contributed by atoms with Crippen LogP contribution in [0.5, 0.6) is 0 Å². The number of rotatable bonds is 4. The molecule has 1 N–H and O–H groups in total. The van der Waals surface area contributed by atoms with E-state index in [-0.39, 0.29) is 11.7 Å². The van der Waals surface area contributed by atoms with Crippen molar-refractivity contribution in [1.82, 2.24) is 4.90 Å². The van der Waals surface area contributed by atoms with Crippen LogP contribution in [-0.4, -0.2) is 60.5 Å². The lowest BCUT2D eigenvalue weighted by atomic mass is 9.94. The molecule has 5 nitrogen and oxygen atoms in total. The summed E-state index contributed by atoms with van der Waals surface area (Å²) in [6.45, 7) is 4.91. The molecule has 2 heterocycles. The molecule has 2 aliphatic rings. The van der Waals surface area contributed by atoms with Gasteiger partial charge in [0.25, 0.3) is 0 Å². The Hall–Kier alpha value is -0.650. The highest BCUT2D eigenvalue weighted by molar-refractivity contribution is 5.72. The van der Waals surface area contributed by atoms with E-state index in [1.807, 2.05) is 0 Å². The number of carboxylic acid groups (broad SMARTS) is 1. The molecule has 18 heavy (non-hydrogen) atoms. The molecule has 3 atom stereocenters. The third-order valence-electron chi connectivity index (χ3n) is 4.08. The van der Waals surface area contributed by atoms with Crippen LogP contribution in [0, 0.1) is 0 Å². The van der Waals surface area contributed by atoms with Gasteiger partial charge in [-0.05, 0) is 39.2 Å². The molecule has 0 radical (unpaired) electrons. The predicted octanol–water partition coefficient (Wildman–Crippen LogP) is 1.12. The number of hydrogen-bond acceptors (Lipinski definition) is 4. The van der Waals surface area contributed by atoms with Gasteiger partial charge in [-0.2, -0.15) is 0 Å². The second-order valence-corrected chi connectivity index (χ2v) is 5.66. The zero-order chi connectivity index (χ0) is 13.2. The maximum absolute atomic E-state index is 10.8. The number of methoxy groups -OCH3 is 1. The Labute approximate surface area is 108 Å². The maximum Gasteiger partial charge on any atom is 0.332 e. The molecule has 0 aromatic heterocycles. The van der Waals surface area contributed by atoms with Gasteiger partial charge in [-0.1, -0.05) is 0 Å². The number of hydrogen-bond donors (Lipinski definition) is 1. The van der Waals surface area contributed by atoms with Gasteiger partial charge in [0, 0.05) is 20.2 Å². The fraction of sp³-hybridized carbons (Fsp3) is 0.923. The Bertz CT molecular complexity index is 309. The molecule has 0 spiro atoms. The number of aliphatic carboxylic acids is 1. The van der Waals surface area contributed by atoms with Crippen LogP contribution in [-0.2, 0) is 14.3 Å². The number of piperidine rings is 1. The van der Waals surface area contributed by atoms with E-state index in [0.29, 0.717) is 6.42 Å². The van der Waals surface area contributed by atoms with E-state index in [0.717, 1.165) is 38.9 Å². The van der Waals surface area contributed by atoms with Gasteiger partial charge in [-0.3, -0.25) is 4.90 Å². The second-order valence-electron chi connectivity index (χ2n) is 5.66. The van der Waals surface area contributed by atoms with E-state index in [1.54, 1.807) is 7.11 Å². The van der Waals surface area contributed by atoms with E-state index in [1.165, 1.54) is 0 Å². The Kier molecular flexibility index (Phi) is 4.25. The smallest absolute Gasteiger partial charge is 0.332 e. The summed E-state index contributed by atoms with van der Waals surface area (Å²) in [5.41, 5.74) is -0.0664. The molecule has 5 heteroatoms. The van der Waals surface area contributed by atoms with Gasteiger partial charge in [0.1, 0.15) is 0 Å². The van der Waals surface area contributed by atoms with E-state index in [9.17, 15) is 4.79 Å². The van der Waals surface area contributed by atoms with Crippen molar-refractivity contribution in [1.29, 1.82) is 0 Å². The van der Waals surface area contributed by atoms with Gasteiger partial charge in [-0.15, -0.1) is 0 Å². The van der Waals surface area contributed by atoms with Crippen molar-refractivity contribution >= 4 is 5.97 Å². The molecular weight excluding hydrogens is 234 g/mol. The lowest BCUT2D eigenvalue weighted by Gasteiger charge is -2.40. The zero-order valence-electron chi connectivity index (χ0n) is 11.2. The minimum Gasteiger partial charge on any atom is -0.479 e. The van der Waals surface area contributed by atoms with E-state index >= 15 is 0 Å². The molecule has 0 aromatic carbocycles. The van der Waals surface area contributed by atoms with Crippen molar-refractivity contribution in [2.24, 2.45) is 0 Å². The number of carboxylic acids is 1. The Morgan fingerprint density at radius 1 is 1.56 bits per heavy atom. The van der Waals surface area contributed by atoms with Gasteiger partial charge in [0.05, 0.1) is 11.7 Å². The first-order valence-corrected chi connectivity index (χ1v) is 6.68. The summed E-state index contributed by atoms with van der Waals surface area (Å²) in [5, 5.41) is 8.90. The lowest BCUT2D eigenvalue weighted by Crippen LogP contribution is -2.49.